The molecular formula is C13H18N4. The summed E-state index contributed by atoms with van der Waals surface area (Å²) in [6.45, 7) is 6.44. The van der Waals surface area contributed by atoms with Gasteiger partial charge >= 0.3 is 0 Å². The van der Waals surface area contributed by atoms with Gasteiger partial charge in [0.1, 0.15) is 12.1 Å². The van der Waals surface area contributed by atoms with Crippen LogP contribution in [0.1, 0.15) is 27.2 Å². The second kappa shape index (κ2) is 4.20. The number of hydrogen-bond donors (Lipinski definition) is 2. The second-order valence-electron chi connectivity index (χ2n) is 4.86. The maximum atomic E-state index is 5.81. The monoisotopic (exact) mass is 230 g/mol. The summed E-state index contributed by atoms with van der Waals surface area (Å²) < 4.78 is 0. The fourth-order valence-electron chi connectivity index (χ4n) is 1.58. The van der Waals surface area contributed by atoms with Crippen LogP contribution in [-0.4, -0.2) is 15.5 Å². The Morgan fingerprint density at radius 2 is 2.06 bits per heavy atom. The van der Waals surface area contributed by atoms with Gasteiger partial charge in [-0.25, -0.2) is 9.97 Å². The van der Waals surface area contributed by atoms with E-state index in [1.54, 1.807) is 6.33 Å². The van der Waals surface area contributed by atoms with Crippen molar-refractivity contribution < 1.29 is 0 Å². The maximum absolute atomic E-state index is 5.81. The molecule has 1 aromatic heterocycles. The summed E-state index contributed by atoms with van der Waals surface area (Å²) in [7, 11) is 0. The van der Waals surface area contributed by atoms with Crippen LogP contribution in [0.25, 0.3) is 10.9 Å². The number of benzene rings is 1. The van der Waals surface area contributed by atoms with Crippen LogP contribution in [0.5, 0.6) is 0 Å². The van der Waals surface area contributed by atoms with Crippen molar-refractivity contribution in [2.45, 2.75) is 32.7 Å². The number of aromatic nitrogens is 2. The Morgan fingerprint density at radius 1 is 1.29 bits per heavy atom. The van der Waals surface area contributed by atoms with Gasteiger partial charge in [0, 0.05) is 16.6 Å². The quantitative estimate of drug-likeness (QED) is 0.796. The second-order valence-corrected chi connectivity index (χ2v) is 4.86. The van der Waals surface area contributed by atoms with Gasteiger partial charge in [-0.05, 0) is 38.5 Å². The van der Waals surface area contributed by atoms with E-state index in [2.05, 4.69) is 36.1 Å². The summed E-state index contributed by atoms with van der Waals surface area (Å²) in [5.41, 5.74) is 7.44. The zero-order chi connectivity index (χ0) is 12.5. The molecule has 2 aromatic rings. The van der Waals surface area contributed by atoms with Crippen molar-refractivity contribution in [2.24, 2.45) is 0 Å². The Balaban J connectivity index is 2.50. The number of rotatable bonds is 3. The number of nitrogen functional groups attached to an aromatic ring is 1. The minimum absolute atomic E-state index is 0.00584. The molecule has 0 unspecified atom stereocenters. The Labute approximate surface area is 101 Å². The molecule has 0 spiro atoms. The Bertz CT molecular complexity index is 534. The molecule has 1 aromatic carbocycles. The third-order valence-corrected chi connectivity index (χ3v) is 3.00. The van der Waals surface area contributed by atoms with Crippen molar-refractivity contribution >= 4 is 22.4 Å². The van der Waals surface area contributed by atoms with Crippen LogP contribution in [0.2, 0.25) is 0 Å². The van der Waals surface area contributed by atoms with Crippen LogP contribution in [0.3, 0.4) is 0 Å². The van der Waals surface area contributed by atoms with E-state index >= 15 is 0 Å². The van der Waals surface area contributed by atoms with E-state index < -0.39 is 0 Å². The number of hydrogen-bond acceptors (Lipinski definition) is 4. The number of nitrogens with two attached hydrogens (primary N) is 1. The van der Waals surface area contributed by atoms with E-state index in [4.69, 9.17) is 5.73 Å². The highest BCUT2D eigenvalue weighted by Gasteiger charge is 2.16. The van der Waals surface area contributed by atoms with E-state index in [9.17, 15) is 0 Å². The van der Waals surface area contributed by atoms with E-state index in [0.29, 0.717) is 0 Å². The zero-order valence-electron chi connectivity index (χ0n) is 10.5. The summed E-state index contributed by atoms with van der Waals surface area (Å²) in [6, 6.07) is 5.67. The molecule has 0 atom stereocenters. The molecule has 2 rings (SSSR count). The molecule has 0 saturated heterocycles. The number of fused-ring (bicyclic) bond motifs is 1. The molecule has 0 amide bonds. The first-order chi connectivity index (χ1) is 8.02. The molecule has 4 nitrogen and oxygen atoms in total. The molecule has 0 aliphatic carbocycles. The van der Waals surface area contributed by atoms with Crippen LogP contribution in [-0.2, 0) is 0 Å². The lowest BCUT2D eigenvalue weighted by Crippen LogP contribution is -2.30. The van der Waals surface area contributed by atoms with Crippen molar-refractivity contribution in [1.29, 1.82) is 0 Å². The van der Waals surface area contributed by atoms with Crippen molar-refractivity contribution in [3.63, 3.8) is 0 Å². The molecule has 3 N–H and O–H groups in total. The highest BCUT2D eigenvalue weighted by molar-refractivity contribution is 5.91. The van der Waals surface area contributed by atoms with Crippen molar-refractivity contribution in [2.75, 3.05) is 11.1 Å². The topological polar surface area (TPSA) is 63.8 Å². The molecule has 4 heteroatoms. The highest BCUT2D eigenvalue weighted by Crippen LogP contribution is 2.25. The third kappa shape index (κ3) is 2.46. The molecule has 0 radical (unpaired) electrons. The lowest BCUT2D eigenvalue weighted by Gasteiger charge is -2.25. The van der Waals surface area contributed by atoms with E-state index in [1.807, 2.05) is 18.2 Å². The van der Waals surface area contributed by atoms with Gasteiger partial charge in [0.2, 0.25) is 0 Å². The zero-order valence-corrected chi connectivity index (χ0v) is 10.5. The highest BCUT2D eigenvalue weighted by atomic mass is 15.1. The van der Waals surface area contributed by atoms with Crippen molar-refractivity contribution in [3.05, 3.63) is 24.5 Å². The summed E-state index contributed by atoms with van der Waals surface area (Å²) in [5.74, 6) is 0.842. The summed E-state index contributed by atoms with van der Waals surface area (Å²) in [4.78, 5) is 8.54. The van der Waals surface area contributed by atoms with Gasteiger partial charge in [-0.15, -0.1) is 0 Å². The molecule has 90 valence electrons. The first-order valence-electron chi connectivity index (χ1n) is 5.80. The van der Waals surface area contributed by atoms with E-state index in [0.717, 1.165) is 28.8 Å². The fourth-order valence-corrected chi connectivity index (χ4v) is 1.58. The van der Waals surface area contributed by atoms with Gasteiger partial charge in [0.25, 0.3) is 0 Å². The minimum atomic E-state index is 0.00584. The minimum Gasteiger partial charge on any atom is -0.399 e. The Morgan fingerprint density at radius 3 is 2.76 bits per heavy atom. The van der Waals surface area contributed by atoms with E-state index in [1.165, 1.54) is 0 Å². The first-order valence-corrected chi connectivity index (χ1v) is 5.80. The predicted molar refractivity (Wildman–Crippen MR) is 71.9 cm³/mol. The maximum Gasteiger partial charge on any atom is 0.137 e. The average Bonchev–Trinajstić information content (AvgIpc) is 2.30. The number of nitrogens with one attached hydrogen (secondary N) is 1. The van der Waals surface area contributed by atoms with Gasteiger partial charge in [0.15, 0.2) is 0 Å². The van der Waals surface area contributed by atoms with Crippen molar-refractivity contribution in [1.82, 2.24) is 9.97 Å². The van der Waals surface area contributed by atoms with Crippen LogP contribution < -0.4 is 11.1 Å². The molecular weight excluding hydrogens is 212 g/mol. The van der Waals surface area contributed by atoms with Crippen LogP contribution in [0, 0.1) is 0 Å². The van der Waals surface area contributed by atoms with Gasteiger partial charge in [0.05, 0.1) is 5.52 Å². The lowest BCUT2D eigenvalue weighted by molar-refractivity contribution is 0.545. The van der Waals surface area contributed by atoms with Gasteiger partial charge in [-0.2, -0.15) is 0 Å². The molecule has 0 bridgehead atoms. The lowest BCUT2D eigenvalue weighted by atomic mass is 10.0. The predicted octanol–water partition coefficient (Wildman–Crippen LogP) is 2.81. The third-order valence-electron chi connectivity index (χ3n) is 3.00. The summed E-state index contributed by atoms with van der Waals surface area (Å²) >= 11 is 0. The summed E-state index contributed by atoms with van der Waals surface area (Å²) in [5, 5.41) is 4.40. The molecule has 0 aliphatic rings. The SMILES string of the molecule is CCC(C)(C)Nc1ncnc2ccc(N)cc12. The largest absolute Gasteiger partial charge is 0.399 e. The number of nitrogens with zero attached hydrogens (tertiary/aromatic N) is 2. The number of anilines is 2. The smallest absolute Gasteiger partial charge is 0.137 e. The standard InChI is InChI=1S/C13H18N4/c1-4-13(2,3)17-12-10-7-9(14)5-6-11(10)15-8-16-12/h5-8H,4,14H2,1-3H3,(H,15,16,17). The van der Waals surface area contributed by atoms with Gasteiger partial charge in [-0.1, -0.05) is 6.92 Å². The molecule has 0 aliphatic heterocycles. The van der Waals surface area contributed by atoms with Crippen LogP contribution in [0.4, 0.5) is 11.5 Å². The Hall–Kier alpha value is -1.84. The first kappa shape index (κ1) is 11.6. The normalized spacial score (nSPS) is 11.7. The molecule has 0 saturated carbocycles. The van der Waals surface area contributed by atoms with Crippen LogP contribution >= 0.6 is 0 Å². The average molecular weight is 230 g/mol. The molecule has 0 fully saturated rings. The van der Waals surface area contributed by atoms with Crippen molar-refractivity contribution in [3.8, 4) is 0 Å². The Kier molecular flexibility index (Phi) is 2.88. The van der Waals surface area contributed by atoms with Gasteiger partial charge in [-0.3, -0.25) is 0 Å². The summed E-state index contributed by atoms with van der Waals surface area (Å²) in [6.07, 6.45) is 2.59. The van der Waals surface area contributed by atoms with E-state index in [-0.39, 0.29) is 5.54 Å². The fraction of sp³-hybridized carbons (Fsp3) is 0.385. The molecule has 17 heavy (non-hydrogen) atoms. The molecule has 1 heterocycles. The van der Waals surface area contributed by atoms with Gasteiger partial charge < -0.3 is 11.1 Å². The van der Waals surface area contributed by atoms with Crippen LogP contribution in [0.15, 0.2) is 24.5 Å².